The number of rotatable bonds is 7. The number of guanidine groups is 1. The minimum absolute atomic E-state index is 0. The van der Waals surface area contributed by atoms with Gasteiger partial charge in [-0.2, -0.15) is 13.2 Å². The number of carbonyl (C=O) groups is 1. The van der Waals surface area contributed by atoms with Gasteiger partial charge in [0.25, 0.3) is 0 Å². The Balaban J connectivity index is 0.00000363. The van der Waals surface area contributed by atoms with E-state index in [0.29, 0.717) is 25.6 Å². The number of halogens is 4. The highest BCUT2D eigenvalue weighted by atomic mass is 127. The Morgan fingerprint density at radius 2 is 1.88 bits per heavy atom. The summed E-state index contributed by atoms with van der Waals surface area (Å²) in [6.07, 6.45) is 0.854. The zero-order valence-electron chi connectivity index (χ0n) is 18.3. The Morgan fingerprint density at radius 3 is 2.50 bits per heavy atom. The SMILES string of the molecule is CCNC(=NCc1ccc(OCC(F)(F)F)cc1)NC1CCN(C(=O)C2CCCC2)C1.I. The van der Waals surface area contributed by atoms with E-state index in [1.165, 1.54) is 12.1 Å². The topological polar surface area (TPSA) is 66.0 Å². The summed E-state index contributed by atoms with van der Waals surface area (Å²) in [5.74, 6) is 1.33. The quantitative estimate of drug-likeness (QED) is 0.296. The fourth-order valence-electron chi connectivity index (χ4n) is 4.05. The number of aliphatic imine (C=N–C) groups is 1. The number of nitrogens with one attached hydrogen (secondary N) is 2. The third kappa shape index (κ3) is 8.32. The first-order chi connectivity index (χ1) is 14.8. The molecule has 1 unspecified atom stereocenters. The summed E-state index contributed by atoms with van der Waals surface area (Å²) in [6.45, 7) is 3.21. The summed E-state index contributed by atoms with van der Waals surface area (Å²) in [6, 6.07) is 6.59. The Labute approximate surface area is 204 Å². The number of hydrogen-bond donors (Lipinski definition) is 2. The van der Waals surface area contributed by atoms with E-state index in [-0.39, 0.29) is 47.6 Å². The summed E-state index contributed by atoms with van der Waals surface area (Å²) in [7, 11) is 0. The maximum Gasteiger partial charge on any atom is 0.422 e. The molecule has 6 nitrogen and oxygen atoms in total. The molecule has 1 aliphatic carbocycles. The second-order valence-corrected chi connectivity index (χ2v) is 8.14. The number of carbonyl (C=O) groups excluding carboxylic acids is 1. The zero-order valence-corrected chi connectivity index (χ0v) is 20.6. The molecule has 3 rings (SSSR count). The van der Waals surface area contributed by atoms with E-state index in [0.717, 1.165) is 44.2 Å². The predicted octanol–water partition coefficient (Wildman–Crippen LogP) is 4.09. The molecule has 1 saturated heterocycles. The monoisotopic (exact) mass is 568 g/mol. The van der Waals surface area contributed by atoms with E-state index in [1.807, 2.05) is 11.8 Å². The molecule has 1 aromatic carbocycles. The first-order valence-electron chi connectivity index (χ1n) is 11.0. The van der Waals surface area contributed by atoms with Gasteiger partial charge < -0.3 is 20.3 Å². The minimum atomic E-state index is -4.35. The van der Waals surface area contributed by atoms with Crippen LogP contribution in [0.4, 0.5) is 13.2 Å². The van der Waals surface area contributed by atoms with Crippen LogP contribution < -0.4 is 15.4 Å². The van der Waals surface area contributed by atoms with E-state index >= 15 is 0 Å². The molecule has 1 saturated carbocycles. The molecule has 1 heterocycles. The van der Waals surface area contributed by atoms with Crippen molar-refractivity contribution in [1.82, 2.24) is 15.5 Å². The summed E-state index contributed by atoms with van der Waals surface area (Å²) in [5, 5.41) is 6.62. The molecule has 2 N–H and O–H groups in total. The van der Waals surface area contributed by atoms with Crippen LogP contribution in [0.25, 0.3) is 0 Å². The number of likely N-dealkylation sites (tertiary alicyclic amines) is 1. The molecule has 0 radical (unpaired) electrons. The van der Waals surface area contributed by atoms with Crippen LogP contribution in [-0.4, -0.2) is 55.2 Å². The first kappa shape index (κ1) is 26.5. The normalized spacial score (nSPS) is 19.6. The van der Waals surface area contributed by atoms with Gasteiger partial charge in [-0.15, -0.1) is 24.0 Å². The van der Waals surface area contributed by atoms with Gasteiger partial charge in [-0.25, -0.2) is 4.99 Å². The highest BCUT2D eigenvalue weighted by molar-refractivity contribution is 14.0. The highest BCUT2D eigenvalue weighted by Gasteiger charge is 2.32. The molecule has 32 heavy (non-hydrogen) atoms. The molecule has 180 valence electrons. The van der Waals surface area contributed by atoms with Gasteiger partial charge in [0.1, 0.15) is 5.75 Å². The molecule has 0 aromatic heterocycles. The van der Waals surface area contributed by atoms with Crippen LogP contribution in [0.5, 0.6) is 5.75 Å². The minimum Gasteiger partial charge on any atom is -0.484 e. The lowest BCUT2D eigenvalue weighted by atomic mass is 10.1. The van der Waals surface area contributed by atoms with Crippen LogP contribution in [0.3, 0.4) is 0 Å². The highest BCUT2D eigenvalue weighted by Crippen LogP contribution is 2.28. The molecule has 1 aliphatic heterocycles. The molecule has 0 bridgehead atoms. The lowest BCUT2D eigenvalue weighted by molar-refractivity contribution is -0.153. The Kier molecular flexibility index (Phi) is 10.4. The fourth-order valence-corrected chi connectivity index (χ4v) is 4.05. The average molecular weight is 568 g/mol. The van der Waals surface area contributed by atoms with Gasteiger partial charge in [0, 0.05) is 31.6 Å². The van der Waals surface area contributed by atoms with Crippen molar-refractivity contribution in [2.45, 2.75) is 57.8 Å². The van der Waals surface area contributed by atoms with Gasteiger partial charge in [-0.3, -0.25) is 4.79 Å². The molecule has 2 aliphatic rings. The van der Waals surface area contributed by atoms with Crippen molar-refractivity contribution in [3.8, 4) is 5.75 Å². The molecule has 1 amide bonds. The van der Waals surface area contributed by atoms with Gasteiger partial charge in [-0.1, -0.05) is 25.0 Å². The van der Waals surface area contributed by atoms with Crippen molar-refractivity contribution in [3.05, 3.63) is 29.8 Å². The predicted molar refractivity (Wildman–Crippen MR) is 128 cm³/mol. The van der Waals surface area contributed by atoms with Gasteiger partial charge >= 0.3 is 6.18 Å². The average Bonchev–Trinajstić information content (AvgIpc) is 3.43. The van der Waals surface area contributed by atoms with E-state index in [4.69, 9.17) is 4.74 Å². The lowest BCUT2D eigenvalue weighted by Gasteiger charge is -2.21. The number of nitrogens with zero attached hydrogens (tertiary/aromatic N) is 2. The zero-order chi connectivity index (χ0) is 22.3. The standard InChI is InChI=1S/C22H31F3N4O2.HI/c1-2-26-21(27-13-16-7-9-19(10-8-16)31-15-22(23,24)25)28-18-11-12-29(14-18)20(30)17-5-3-4-6-17;/h7-10,17-18H,2-6,11-15H2,1H3,(H2,26,27,28);1H. The molecule has 1 aromatic rings. The number of ether oxygens (including phenoxy) is 1. The third-order valence-electron chi connectivity index (χ3n) is 5.63. The molecule has 0 spiro atoms. The van der Waals surface area contributed by atoms with Crippen molar-refractivity contribution < 1.29 is 22.7 Å². The van der Waals surface area contributed by atoms with E-state index in [1.54, 1.807) is 12.1 Å². The number of benzene rings is 1. The van der Waals surface area contributed by atoms with Crippen molar-refractivity contribution >= 4 is 35.8 Å². The molecular weight excluding hydrogens is 536 g/mol. The van der Waals surface area contributed by atoms with E-state index < -0.39 is 12.8 Å². The lowest BCUT2D eigenvalue weighted by Crippen LogP contribution is -2.45. The summed E-state index contributed by atoms with van der Waals surface area (Å²) in [5.41, 5.74) is 0.862. The second kappa shape index (κ2) is 12.5. The van der Waals surface area contributed by atoms with Crippen molar-refractivity contribution in [1.29, 1.82) is 0 Å². The maximum atomic E-state index is 12.6. The molecule has 10 heteroatoms. The number of amides is 1. The Morgan fingerprint density at radius 1 is 1.19 bits per heavy atom. The second-order valence-electron chi connectivity index (χ2n) is 8.14. The van der Waals surface area contributed by atoms with Crippen molar-refractivity contribution in [2.24, 2.45) is 10.9 Å². The first-order valence-corrected chi connectivity index (χ1v) is 11.0. The van der Waals surface area contributed by atoms with Crippen LogP contribution in [0.2, 0.25) is 0 Å². The molecule has 2 fully saturated rings. The van der Waals surface area contributed by atoms with Crippen LogP contribution in [0.1, 0.15) is 44.6 Å². The van der Waals surface area contributed by atoms with E-state index in [2.05, 4.69) is 15.6 Å². The maximum absolute atomic E-state index is 12.6. The van der Waals surface area contributed by atoms with Crippen molar-refractivity contribution in [2.75, 3.05) is 26.2 Å². The van der Waals surface area contributed by atoms with Gasteiger partial charge in [0.05, 0.1) is 6.54 Å². The molecular formula is C22H32F3IN4O2. The summed E-state index contributed by atoms with van der Waals surface area (Å²) < 4.78 is 41.4. The van der Waals surface area contributed by atoms with Crippen LogP contribution >= 0.6 is 24.0 Å². The number of alkyl halides is 3. The summed E-state index contributed by atoms with van der Waals surface area (Å²) >= 11 is 0. The molecule has 1 atom stereocenters. The largest absolute Gasteiger partial charge is 0.484 e. The smallest absolute Gasteiger partial charge is 0.422 e. The number of hydrogen-bond acceptors (Lipinski definition) is 3. The van der Waals surface area contributed by atoms with Crippen molar-refractivity contribution in [3.63, 3.8) is 0 Å². The Hall–Kier alpha value is -1.72. The van der Waals surface area contributed by atoms with Gasteiger partial charge in [-0.05, 0) is 43.9 Å². The van der Waals surface area contributed by atoms with Crippen LogP contribution in [0, 0.1) is 5.92 Å². The van der Waals surface area contributed by atoms with Crippen LogP contribution in [0.15, 0.2) is 29.3 Å². The third-order valence-corrected chi connectivity index (χ3v) is 5.63. The Bertz CT molecular complexity index is 753. The van der Waals surface area contributed by atoms with Gasteiger partial charge in [0.15, 0.2) is 12.6 Å². The van der Waals surface area contributed by atoms with E-state index in [9.17, 15) is 18.0 Å². The fraction of sp³-hybridized carbons (Fsp3) is 0.636. The summed E-state index contributed by atoms with van der Waals surface area (Å²) in [4.78, 5) is 19.2. The van der Waals surface area contributed by atoms with Gasteiger partial charge in [0.2, 0.25) is 5.91 Å². The van der Waals surface area contributed by atoms with Crippen LogP contribution in [-0.2, 0) is 11.3 Å².